The van der Waals surface area contributed by atoms with Gasteiger partial charge in [-0.05, 0) is 103 Å². The molecular weight excluding hydrogens is 982 g/mol. The van der Waals surface area contributed by atoms with Crippen LogP contribution in [-0.2, 0) is 14.8 Å². The van der Waals surface area contributed by atoms with Crippen LogP contribution in [-0.4, -0.2) is 155 Å². The van der Waals surface area contributed by atoms with Crippen molar-refractivity contribution < 1.29 is 22.9 Å². The maximum Gasteiger partial charge on any atom is 0.293 e. The smallest absolute Gasteiger partial charge is 0.293 e. The number of amides is 2. The zero-order valence-electron chi connectivity index (χ0n) is 40.7. The predicted molar refractivity (Wildman–Crippen MR) is 288 cm³/mol. The molecule has 3 fully saturated rings. The van der Waals surface area contributed by atoms with Crippen molar-refractivity contribution in [2.75, 3.05) is 114 Å². The Bertz CT molecular complexity index is 2590. The third-order valence-corrected chi connectivity index (χ3v) is 17.0. The second kappa shape index (κ2) is 24.8. The summed E-state index contributed by atoms with van der Waals surface area (Å²) in [6.07, 6.45) is 3.92. The normalized spacial score (nSPS) is 20.0. The number of anilines is 2. The van der Waals surface area contributed by atoms with E-state index in [2.05, 4.69) is 54.0 Å². The number of sulfonamides is 1. The van der Waals surface area contributed by atoms with Gasteiger partial charge in [-0.3, -0.25) is 29.5 Å². The zero-order chi connectivity index (χ0) is 49.3. The Kier molecular flexibility index (Phi) is 18.9. The molecule has 0 spiro atoms. The molecule has 0 aromatic heterocycles. The van der Waals surface area contributed by atoms with Crippen LogP contribution in [0.4, 0.5) is 17.1 Å². The largest absolute Gasteiger partial charge is 0.376 e. The van der Waals surface area contributed by atoms with Crippen LogP contribution in [0.5, 0.6) is 0 Å². The van der Waals surface area contributed by atoms with E-state index in [-0.39, 0.29) is 45.9 Å². The lowest BCUT2D eigenvalue weighted by molar-refractivity contribution is -0.384. The van der Waals surface area contributed by atoms with E-state index in [0.717, 1.165) is 119 Å². The molecule has 382 valence electrons. The van der Waals surface area contributed by atoms with Crippen molar-refractivity contribution in [3.05, 3.63) is 129 Å². The van der Waals surface area contributed by atoms with Crippen LogP contribution < -0.4 is 20.3 Å². The summed E-state index contributed by atoms with van der Waals surface area (Å²) in [5.74, 6) is -0.171. The fourth-order valence-electron chi connectivity index (χ4n) is 10.2. The number of nitrogens with zero attached hydrogens (tertiary/aromatic N) is 6. The number of nitro benzene ring substituents is 1. The highest BCUT2D eigenvalue weighted by atomic mass is 35.5. The maximum atomic E-state index is 13.6. The molecule has 2 amide bonds. The Morgan fingerprint density at radius 1 is 0.859 bits per heavy atom. The number of halogens is 2. The Balaban J connectivity index is 0.00000741. The van der Waals surface area contributed by atoms with Crippen molar-refractivity contribution in [1.29, 1.82) is 0 Å². The summed E-state index contributed by atoms with van der Waals surface area (Å²) in [6, 6.07) is 28.5. The standard InChI is InChI=1S/C52H66ClN9O6S2.ClH/c1-39(63)60-30-26-57(27-31-60)23-19-44(37-69-46-6-4-3-5-7-46)55-49-17-16-47(34-50(49)62(65)66)70(67,68)56-51(64)41-10-14-45(15-11-41)61-32-28-58(29-33-61)36-42-35-52(2,38-59-24-21-54-22-25-59)20-18-48(42)40-8-12-43(53)13-9-40;/h3-17,34,44,54-55H,18-33,35-38H2,1-2H3,(H,56,64);1H. The summed E-state index contributed by atoms with van der Waals surface area (Å²) < 4.78 is 29.4. The Morgan fingerprint density at radius 2 is 1.54 bits per heavy atom. The first-order valence-corrected chi connectivity index (χ1v) is 27.3. The maximum absolute atomic E-state index is 13.6. The number of piperazine rings is 3. The molecule has 71 heavy (non-hydrogen) atoms. The molecule has 3 saturated heterocycles. The van der Waals surface area contributed by atoms with Gasteiger partial charge in [0, 0.05) is 144 Å². The van der Waals surface area contributed by atoms with Gasteiger partial charge in [0.1, 0.15) is 5.69 Å². The lowest BCUT2D eigenvalue weighted by Crippen LogP contribution is -2.49. The molecule has 8 rings (SSSR count). The van der Waals surface area contributed by atoms with E-state index < -0.39 is 26.5 Å². The van der Waals surface area contributed by atoms with Crippen molar-refractivity contribution >= 4 is 80.2 Å². The molecule has 4 aliphatic rings. The molecule has 0 saturated carbocycles. The van der Waals surface area contributed by atoms with Crippen LogP contribution in [0.25, 0.3) is 5.57 Å². The highest BCUT2D eigenvalue weighted by molar-refractivity contribution is 7.99. The monoisotopic (exact) mass is 1050 g/mol. The molecule has 0 radical (unpaired) electrons. The second-order valence-electron chi connectivity index (χ2n) is 19.4. The first-order valence-electron chi connectivity index (χ1n) is 24.5. The van der Waals surface area contributed by atoms with Crippen LogP contribution in [0.3, 0.4) is 0 Å². The van der Waals surface area contributed by atoms with Gasteiger partial charge in [-0.15, -0.1) is 24.2 Å². The highest BCUT2D eigenvalue weighted by Crippen LogP contribution is 2.44. The van der Waals surface area contributed by atoms with Gasteiger partial charge in [-0.2, -0.15) is 0 Å². The van der Waals surface area contributed by atoms with Gasteiger partial charge >= 0.3 is 0 Å². The van der Waals surface area contributed by atoms with Gasteiger partial charge < -0.3 is 25.3 Å². The van der Waals surface area contributed by atoms with E-state index in [4.69, 9.17) is 11.6 Å². The lowest BCUT2D eigenvalue weighted by atomic mass is 9.71. The van der Waals surface area contributed by atoms with Crippen LogP contribution in [0.15, 0.2) is 112 Å². The molecule has 4 aromatic rings. The molecule has 0 bridgehead atoms. The molecule has 1 aliphatic carbocycles. The lowest BCUT2D eigenvalue weighted by Gasteiger charge is -2.43. The minimum absolute atomic E-state index is 0. The molecule has 15 nitrogen and oxygen atoms in total. The number of allylic oxidation sites excluding steroid dienone is 1. The summed E-state index contributed by atoms with van der Waals surface area (Å²) in [5, 5.41) is 20.0. The minimum atomic E-state index is -4.48. The SMILES string of the molecule is CC(=O)N1CCN(CCC(CSc2ccccc2)Nc2ccc(S(=O)(=O)NC(=O)c3ccc(N4CCN(CC5=C(c6ccc(Cl)cc6)CCC(C)(CN6CCNCC6)C5)CC4)cc3)cc2[N+](=O)[O-])CC1.Cl. The van der Waals surface area contributed by atoms with Gasteiger partial charge in [0.15, 0.2) is 0 Å². The van der Waals surface area contributed by atoms with E-state index in [9.17, 15) is 28.1 Å². The first kappa shape index (κ1) is 54.1. The van der Waals surface area contributed by atoms with E-state index in [1.807, 2.05) is 59.5 Å². The van der Waals surface area contributed by atoms with Crippen LogP contribution in [0, 0.1) is 15.5 Å². The summed E-state index contributed by atoms with van der Waals surface area (Å²) in [4.78, 5) is 49.3. The van der Waals surface area contributed by atoms with Gasteiger partial charge in [-0.25, -0.2) is 13.1 Å². The number of hydrogen-bond donors (Lipinski definition) is 3. The third kappa shape index (κ3) is 14.7. The summed E-state index contributed by atoms with van der Waals surface area (Å²) in [6.45, 7) is 17.2. The third-order valence-electron chi connectivity index (χ3n) is 14.2. The fourth-order valence-corrected chi connectivity index (χ4v) is 12.3. The van der Waals surface area contributed by atoms with Crippen molar-refractivity contribution in [3.8, 4) is 0 Å². The molecule has 2 atom stereocenters. The van der Waals surface area contributed by atoms with Gasteiger partial charge in [0.05, 0.1) is 9.82 Å². The number of hydrogen-bond acceptors (Lipinski definition) is 13. The van der Waals surface area contributed by atoms with E-state index in [1.165, 1.54) is 28.8 Å². The van der Waals surface area contributed by atoms with Gasteiger partial charge in [0.2, 0.25) is 5.91 Å². The van der Waals surface area contributed by atoms with E-state index in [1.54, 1.807) is 30.8 Å². The number of carbonyl (C=O) groups excluding carboxylic acids is 2. The van der Waals surface area contributed by atoms with Crippen molar-refractivity contribution in [2.45, 2.75) is 55.4 Å². The topological polar surface area (TPSA) is 164 Å². The zero-order valence-corrected chi connectivity index (χ0v) is 43.9. The molecule has 2 unspecified atom stereocenters. The number of carbonyl (C=O) groups is 2. The molecule has 3 heterocycles. The summed E-state index contributed by atoms with van der Waals surface area (Å²) >= 11 is 7.92. The van der Waals surface area contributed by atoms with Crippen LogP contribution in [0.1, 0.15) is 55.5 Å². The number of thioether (sulfide) groups is 1. The predicted octanol–water partition coefficient (Wildman–Crippen LogP) is 7.59. The number of nitro groups is 1. The Morgan fingerprint density at radius 3 is 2.20 bits per heavy atom. The molecular formula is C52H67Cl2N9O6S2. The Labute approximate surface area is 434 Å². The van der Waals surface area contributed by atoms with Gasteiger partial charge in [-0.1, -0.05) is 54.4 Å². The number of benzene rings is 4. The first-order chi connectivity index (χ1) is 33.7. The van der Waals surface area contributed by atoms with Crippen molar-refractivity contribution in [3.63, 3.8) is 0 Å². The second-order valence-corrected chi connectivity index (χ2v) is 22.6. The molecule has 3 aliphatic heterocycles. The quantitative estimate of drug-likeness (QED) is 0.0508. The molecule has 19 heteroatoms. The summed E-state index contributed by atoms with van der Waals surface area (Å²) in [7, 11) is -4.48. The summed E-state index contributed by atoms with van der Waals surface area (Å²) in [5.41, 5.74) is 5.30. The molecule has 3 N–H and O–H groups in total. The van der Waals surface area contributed by atoms with Crippen molar-refractivity contribution in [2.24, 2.45) is 5.41 Å². The Hall–Kier alpha value is -4.72. The average molecular weight is 1050 g/mol. The van der Waals surface area contributed by atoms with E-state index >= 15 is 0 Å². The van der Waals surface area contributed by atoms with E-state index in [0.29, 0.717) is 31.8 Å². The highest BCUT2D eigenvalue weighted by Gasteiger charge is 2.35. The number of nitrogens with one attached hydrogen (secondary N) is 3. The van der Waals surface area contributed by atoms with Crippen LogP contribution >= 0.6 is 35.8 Å². The van der Waals surface area contributed by atoms with Gasteiger partial charge in [0.25, 0.3) is 21.6 Å². The average Bonchev–Trinajstić information content (AvgIpc) is 3.36. The number of rotatable bonds is 18. The fraction of sp³-hybridized carbons (Fsp3) is 0.462. The molecule has 4 aromatic carbocycles. The minimum Gasteiger partial charge on any atom is -0.376 e. The van der Waals surface area contributed by atoms with Crippen molar-refractivity contribution in [1.82, 2.24) is 29.6 Å². The van der Waals surface area contributed by atoms with Crippen LogP contribution in [0.2, 0.25) is 5.02 Å².